The molecule has 0 radical (unpaired) electrons. The number of ether oxygens (including phenoxy) is 1. The van der Waals surface area contributed by atoms with E-state index < -0.39 is 0 Å². The molecule has 2 aromatic rings. The van der Waals surface area contributed by atoms with Crippen molar-refractivity contribution in [2.75, 3.05) is 0 Å². The third kappa shape index (κ3) is 2.38. The highest BCUT2D eigenvalue weighted by atomic mass is 79.9. The van der Waals surface area contributed by atoms with Gasteiger partial charge in [-0.15, -0.1) is 0 Å². The van der Waals surface area contributed by atoms with Crippen molar-refractivity contribution < 1.29 is 9.13 Å². The molecule has 2 atom stereocenters. The first-order valence-corrected chi connectivity index (χ1v) is 6.90. The molecular formula is C15H13BrFNO. The number of benzene rings is 2. The number of hydrogen-bond acceptors (Lipinski definition) is 2. The summed E-state index contributed by atoms with van der Waals surface area (Å²) in [7, 11) is 0. The zero-order chi connectivity index (χ0) is 13.4. The van der Waals surface area contributed by atoms with Crippen molar-refractivity contribution in [2.45, 2.75) is 18.6 Å². The van der Waals surface area contributed by atoms with E-state index in [9.17, 15) is 4.39 Å². The molecule has 1 aliphatic heterocycles. The van der Waals surface area contributed by atoms with Crippen LogP contribution in [0, 0.1) is 5.82 Å². The van der Waals surface area contributed by atoms with Crippen molar-refractivity contribution in [1.29, 1.82) is 0 Å². The maximum atomic E-state index is 13.3. The minimum atomic E-state index is -0.274. The zero-order valence-corrected chi connectivity index (χ0v) is 11.7. The van der Waals surface area contributed by atoms with Gasteiger partial charge >= 0.3 is 0 Å². The Morgan fingerprint density at radius 1 is 1.21 bits per heavy atom. The molecule has 0 spiro atoms. The average molecular weight is 322 g/mol. The molecule has 0 aromatic heterocycles. The van der Waals surface area contributed by atoms with E-state index in [4.69, 9.17) is 10.5 Å². The van der Waals surface area contributed by atoms with Crippen molar-refractivity contribution >= 4 is 15.9 Å². The molecule has 2 N–H and O–H groups in total. The summed E-state index contributed by atoms with van der Waals surface area (Å²) in [6, 6.07) is 12.7. The molecule has 2 nitrogen and oxygen atoms in total. The molecule has 3 rings (SSSR count). The third-order valence-electron chi connectivity index (χ3n) is 3.37. The first-order chi connectivity index (χ1) is 9.15. The van der Waals surface area contributed by atoms with Crippen LogP contribution >= 0.6 is 15.9 Å². The lowest BCUT2D eigenvalue weighted by Gasteiger charge is -2.30. The van der Waals surface area contributed by atoms with Crippen LogP contribution in [0.2, 0.25) is 0 Å². The van der Waals surface area contributed by atoms with Crippen LogP contribution in [0.4, 0.5) is 4.39 Å². The van der Waals surface area contributed by atoms with Crippen LogP contribution < -0.4 is 10.5 Å². The summed E-state index contributed by atoms with van der Waals surface area (Å²) in [6.07, 6.45) is 0.552. The Balaban J connectivity index is 1.94. The maximum Gasteiger partial charge on any atom is 0.137 e. The van der Waals surface area contributed by atoms with Crippen LogP contribution in [-0.2, 0) is 0 Å². The van der Waals surface area contributed by atoms with E-state index in [0.29, 0.717) is 10.9 Å². The minimum Gasteiger partial charge on any atom is -0.485 e. The molecular weight excluding hydrogens is 309 g/mol. The van der Waals surface area contributed by atoms with Gasteiger partial charge in [0.05, 0.1) is 4.47 Å². The largest absolute Gasteiger partial charge is 0.485 e. The molecule has 0 saturated heterocycles. The molecule has 1 unspecified atom stereocenters. The molecule has 1 aliphatic rings. The Morgan fingerprint density at radius 2 is 2.00 bits per heavy atom. The maximum absolute atomic E-state index is 13.3. The standard InChI is InChI=1S/C15H13BrFNO/c16-11-7-9(5-6-12(11)17)15-8-13(18)10-3-1-2-4-14(10)19-15/h1-7,13,15H,8,18H2/t13-,15?/m1/s1. The highest BCUT2D eigenvalue weighted by Crippen LogP contribution is 2.39. The summed E-state index contributed by atoms with van der Waals surface area (Å²) in [5.74, 6) is 0.538. The van der Waals surface area contributed by atoms with Crippen molar-refractivity contribution in [3.8, 4) is 5.75 Å². The van der Waals surface area contributed by atoms with E-state index in [1.54, 1.807) is 12.1 Å². The fraction of sp³-hybridized carbons (Fsp3) is 0.200. The number of fused-ring (bicyclic) bond motifs is 1. The van der Waals surface area contributed by atoms with Crippen LogP contribution in [0.1, 0.15) is 29.7 Å². The van der Waals surface area contributed by atoms with Crippen molar-refractivity contribution in [2.24, 2.45) is 5.73 Å². The second-order valence-corrected chi connectivity index (χ2v) is 5.51. The second-order valence-electron chi connectivity index (χ2n) is 4.66. The van der Waals surface area contributed by atoms with Gasteiger partial charge in [0.15, 0.2) is 0 Å². The molecule has 0 aliphatic carbocycles. The summed E-state index contributed by atoms with van der Waals surface area (Å²) in [5, 5.41) is 0. The van der Waals surface area contributed by atoms with Gasteiger partial charge in [0.2, 0.25) is 0 Å². The lowest BCUT2D eigenvalue weighted by Crippen LogP contribution is -2.24. The van der Waals surface area contributed by atoms with Gasteiger partial charge in [0.25, 0.3) is 0 Å². The van der Waals surface area contributed by atoms with Gasteiger partial charge in [-0.1, -0.05) is 24.3 Å². The normalized spacial score (nSPS) is 21.6. The van der Waals surface area contributed by atoms with Gasteiger partial charge in [0.1, 0.15) is 17.7 Å². The molecule has 0 fully saturated rings. The first kappa shape index (κ1) is 12.6. The Bertz CT molecular complexity index is 617. The minimum absolute atomic E-state index is 0.0567. The Hall–Kier alpha value is -1.39. The van der Waals surface area contributed by atoms with E-state index in [1.807, 2.05) is 24.3 Å². The van der Waals surface area contributed by atoms with Gasteiger partial charge < -0.3 is 10.5 Å². The van der Waals surface area contributed by atoms with Gasteiger partial charge in [0, 0.05) is 18.0 Å². The van der Waals surface area contributed by atoms with Crippen LogP contribution in [0.15, 0.2) is 46.9 Å². The van der Waals surface area contributed by atoms with Gasteiger partial charge in [-0.25, -0.2) is 4.39 Å². The quantitative estimate of drug-likeness (QED) is 0.857. The summed E-state index contributed by atoms with van der Waals surface area (Å²) in [6.45, 7) is 0. The van der Waals surface area contributed by atoms with Crippen LogP contribution in [0.3, 0.4) is 0 Å². The molecule has 4 heteroatoms. The Morgan fingerprint density at radius 3 is 2.79 bits per heavy atom. The van der Waals surface area contributed by atoms with E-state index in [1.165, 1.54) is 6.07 Å². The fourth-order valence-electron chi connectivity index (χ4n) is 2.37. The molecule has 2 aromatic carbocycles. The summed E-state index contributed by atoms with van der Waals surface area (Å²) < 4.78 is 19.7. The van der Waals surface area contributed by atoms with Crippen molar-refractivity contribution in [1.82, 2.24) is 0 Å². The van der Waals surface area contributed by atoms with Crippen LogP contribution in [0.5, 0.6) is 5.75 Å². The van der Waals surface area contributed by atoms with E-state index >= 15 is 0 Å². The average Bonchev–Trinajstić information content (AvgIpc) is 2.42. The molecule has 98 valence electrons. The fourth-order valence-corrected chi connectivity index (χ4v) is 2.77. The number of hydrogen-bond donors (Lipinski definition) is 1. The van der Waals surface area contributed by atoms with Gasteiger partial charge in [-0.2, -0.15) is 0 Å². The summed E-state index contributed by atoms with van der Waals surface area (Å²) in [5.41, 5.74) is 8.13. The Kier molecular flexibility index (Phi) is 3.29. The first-order valence-electron chi connectivity index (χ1n) is 6.11. The van der Waals surface area contributed by atoms with Crippen molar-refractivity contribution in [3.63, 3.8) is 0 Å². The third-order valence-corrected chi connectivity index (χ3v) is 3.98. The van der Waals surface area contributed by atoms with E-state index in [0.717, 1.165) is 16.9 Å². The smallest absolute Gasteiger partial charge is 0.137 e. The van der Waals surface area contributed by atoms with Crippen molar-refractivity contribution in [3.05, 3.63) is 63.9 Å². The van der Waals surface area contributed by atoms with Crippen LogP contribution in [0.25, 0.3) is 0 Å². The number of para-hydroxylation sites is 1. The monoisotopic (exact) mass is 321 g/mol. The number of halogens is 2. The predicted octanol–water partition coefficient (Wildman–Crippen LogP) is 4.11. The van der Waals surface area contributed by atoms with E-state index in [-0.39, 0.29) is 18.0 Å². The highest BCUT2D eigenvalue weighted by molar-refractivity contribution is 9.10. The summed E-state index contributed by atoms with van der Waals surface area (Å²) in [4.78, 5) is 0. The van der Waals surface area contributed by atoms with Crippen LogP contribution in [-0.4, -0.2) is 0 Å². The summed E-state index contributed by atoms with van der Waals surface area (Å²) >= 11 is 3.20. The molecule has 19 heavy (non-hydrogen) atoms. The lowest BCUT2D eigenvalue weighted by atomic mass is 9.94. The molecule has 0 amide bonds. The SMILES string of the molecule is N[C@@H]1CC(c2ccc(F)c(Br)c2)Oc2ccccc21. The molecule has 0 saturated carbocycles. The number of nitrogens with two attached hydrogens (primary N) is 1. The van der Waals surface area contributed by atoms with Gasteiger partial charge in [-0.3, -0.25) is 0 Å². The highest BCUT2D eigenvalue weighted by Gasteiger charge is 2.27. The molecule has 1 heterocycles. The number of rotatable bonds is 1. The van der Waals surface area contributed by atoms with E-state index in [2.05, 4.69) is 15.9 Å². The zero-order valence-electron chi connectivity index (χ0n) is 10.1. The predicted molar refractivity (Wildman–Crippen MR) is 75.5 cm³/mol. The molecule has 0 bridgehead atoms. The Labute approximate surface area is 119 Å². The second kappa shape index (κ2) is 4.94. The van der Waals surface area contributed by atoms with Gasteiger partial charge in [-0.05, 0) is 39.7 Å². The lowest BCUT2D eigenvalue weighted by molar-refractivity contribution is 0.161. The topological polar surface area (TPSA) is 35.2 Å².